The minimum atomic E-state index is -0.0311. The van der Waals surface area contributed by atoms with Crippen LogP contribution < -0.4 is 0 Å². The molecule has 1 heterocycles. The lowest BCUT2D eigenvalue weighted by Gasteiger charge is -2.25. The predicted molar refractivity (Wildman–Crippen MR) is 86.1 cm³/mol. The van der Waals surface area contributed by atoms with Gasteiger partial charge in [-0.05, 0) is 18.1 Å². The van der Waals surface area contributed by atoms with E-state index in [-0.39, 0.29) is 18.1 Å². The fourth-order valence-electron chi connectivity index (χ4n) is 2.88. The lowest BCUT2D eigenvalue weighted by molar-refractivity contribution is -0.129. The van der Waals surface area contributed by atoms with E-state index in [1.807, 2.05) is 53.4 Å². The molecule has 0 radical (unpaired) electrons. The molecule has 2 aromatic carbocycles. The molecule has 0 unspecified atom stereocenters. The van der Waals surface area contributed by atoms with E-state index in [2.05, 4.69) is 19.1 Å². The van der Waals surface area contributed by atoms with Gasteiger partial charge in [-0.2, -0.15) is 0 Å². The van der Waals surface area contributed by atoms with Crippen molar-refractivity contribution in [1.29, 1.82) is 0 Å². The second-order valence-corrected chi connectivity index (χ2v) is 5.79. The Hall–Kier alpha value is -2.13. The Balaban J connectivity index is 1.60. The van der Waals surface area contributed by atoms with Crippen LogP contribution in [0.25, 0.3) is 0 Å². The van der Waals surface area contributed by atoms with Crippen LogP contribution in [0.3, 0.4) is 0 Å². The Bertz CT molecular complexity index is 612. The highest BCUT2D eigenvalue weighted by molar-refractivity contribution is 5.79. The summed E-state index contributed by atoms with van der Waals surface area (Å²) < 4.78 is 5.98. The average Bonchev–Trinajstić information content (AvgIpc) is 2.82. The van der Waals surface area contributed by atoms with E-state index in [0.717, 1.165) is 11.1 Å². The summed E-state index contributed by atoms with van der Waals surface area (Å²) in [4.78, 5) is 14.2. The number of hydrogen-bond acceptors (Lipinski definition) is 2. The first-order valence-electron chi connectivity index (χ1n) is 7.73. The maximum absolute atomic E-state index is 12.3. The topological polar surface area (TPSA) is 29.5 Å². The Labute approximate surface area is 131 Å². The summed E-state index contributed by atoms with van der Waals surface area (Å²) in [6.07, 6.45) is 0.442. The molecule has 0 bridgehead atoms. The average molecular weight is 295 g/mol. The molecule has 2 aromatic rings. The van der Waals surface area contributed by atoms with Crippen molar-refractivity contribution < 1.29 is 9.53 Å². The summed E-state index contributed by atoms with van der Waals surface area (Å²) in [5.41, 5.74) is 2.30. The zero-order valence-electron chi connectivity index (χ0n) is 12.8. The van der Waals surface area contributed by atoms with E-state index in [1.54, 1.807) is 0 Å². The molecule has 1 aliphatic heterocycles. The Kier molecular flexibility index (Phi) is 4.54. The summed E-state index contributed by atoms with van der Waals surface area (Å²) in [5.74, 6) is 0.175. The molecule has 114 valence electrons. The molecule has 0 aliphatic carbocycles. The lowest BCUT2D eigenvalue weighted by atomic mass is 10.1. The van der Waals surface area contributed by atoms with Gasteiger partial charge in [0.25, 0.3) is 0 Å². The highest BCUT2D eigenvalue weighted by Gasteiger charge is 2.37. The van der Waals surface area contributed by atoms with E-state index >= 15 is 0 Å². The molecule has 0 N–H and O–H groups in total. The fraction of sp³-hybridized carbons (Fsp3) is 0.316. The standard InChI is InChI=1S/C19H21NO2/c1-15-18(22-14-17-10-6-3-7-11-17)12-19(21)20(15)13-16-8-4-2-5-9-16/h2-11,15,18H,12-14H2,1H3/t15-,18+/m0/s1. The van der Waals surface area contributed by atoms with E-state index in [1.165, 1.54) is 0 Å². The smallest absolute Gasteiger partial charge is 0.225 e. The highest BCUT2D eigenvalue weighted by Crippen LogP contribution is 2.25. The molecule has 0 aromatic heterocycles. The van der Waals surface area contributed by atoms with Gasteiger partial charge in [0.1, 0.15) is 0 Å². The van der Waals surface area contributed by atoms with Crippen LogP contribution in [-0.2, 0) is 22.7 Å². The third kappa shape index (κ3) is 3.37. The van der Waals surface area contributed by atoms with Gasteiger partial charge in [-0.3, -0.25) is 4.79 Å². The number of carbonyl (C=O) groups is 1. The van der Waals surface area contributed by atoms with Gasteiger partial charge in [0.2, 0.25) is 5.91 Å². The molecule has 1 aliphatic rings. The molecular weight excluding hydrogens is 274 g/mol. The number of carbonyl (C=O) groups excluding carboxylic acids is 1. The van der Waals surface area contributed by atoms with Crippen LogP contribution in [0.2, 0.25) is 0 Å². The van der Waals surface area contributed by atoms with Crippen molar-refractivity contribution in [3.63, 3.8) is 0 Å². The van der Waals surface area contributed by atoms with Crippen LogP contribution in [0.1, 0.15) is 24.5 Å². The molecule has 0 spiro atoms. The monoisotopic (exact) mass is 295 g/mol. The minimum absolute atomic E-state index is 0.0311. The Morgan fingerprint density at radius 2 is 1.59 bits per heavy atom. The second kappa shape index (κ2) is 6.75. The summed E-state index contributed by atoms with van der Waals surface area (Å²) in [7, 11) is 0. The van der Waals surface area contributed by atoms with Gasteiger partial charge in [-0.15, -0.1) is 0 Å². The summed E-state index contributed by atoms with van der Waals surface area (Å²) in [5, 5.41) is 0. The summed E-state index contributed by atoms with van der Waals surface area (Å²) in [6.45, 7) is 3.29. The molecule has 1 saturated heterocycles. The maximum Gasteiger partial charge on any atom is 0.225 e. The number of amides is 1. The maximum atomic E-state index is 12.3. The van der Waals surface area contributed by atoms with E-state index in [0.29, 0.717) is 19.6 Å². The third-order valence-corrected chi connectivity index (χ3v) is 4.23. The first kappa shape index (κ1) is 14.8. The van der Waals surface area contributed by atoms with Gasteiger partial charge in [0.05, 0.1) is 25.2 Å². The zero-order chi connectivity index (χ0) is 15.4. The third-order valence-electron chi connectivity index (χ3n) is 4.23. The number of likely N-dealkylation sites (tertiary alicyclic amines) is 1. The number of ether oxygens (including phenoxy) is 1. The molecule has 3 heteroatoms. The number of hydrogen-bond donors (Lipinski definition) is 0. The molecule has 1 fully saturated rings. The highest BCUT2D eigenvalue weighted by atomic mass is 16.5. The number of rotatable bonds is 5. The van der Waals surface area contributed by atoms with Gasteiger partial charge in [0.15, 0.2) is 0 Å². The Morgan fingerprint density at radius 1 is 1.00 bits per heavy atom. The minimum Gasteiger partial charge on any atom is -0.371 e. The van der Waals surface area contributed by atoms with Crippen LogP contribution in [0, 0.1) is 0 Å². The first-order chi connectivity index (χ1) is 10.7. The number of benzene rings is 2. The van der Waals surface area contributed by atoms with Crippen molar-refractivity contribution in [3.05, 3.63) is 71.8 Å². The van der Waals surface area contributed by atoms with Crippen molar-refractivity contribution in [3.8, 4) is 0 Å². The summed E-state index contributed by atoms with van der Waals surface area (Å²) in [6, 6.07) is 20.3. The van der Waals surface area contributed by atoms with Gasteiger partial charge >= 0.3 is 0 Å². The van der Waals surface area contributed by atoms with Crippen LogP contribution in [0.15, 0.2) is 60.7 Å². The molecular formula is C19H21NO2. The van der Waals surface area contributed by atoms with Crippen molar-refractivity contribution in [1.82, 2.24) is 4.90 Å². The largest absolute Gasteiger partial charge is 0.371 e. The van der Waals surface area contributed by atoms with Crippen molar-refractivity contribution in [2.75, 3.05) is 0 Å². The van der Waals surface area contributed by atoms with Crippen molar-refractivity contribution in [2.45, 2.75) is 38.6 Å². The molecule has 1 amide bonds. The molecule has 22 heavy (non-hydrogen) atoms. The first-order valence-corrected chi connectivity index (χ1v) is 7.73. The quantitative estimate of drug-likeness (QED) is 0.846. The van der Waals surface area contributed by atoms with Gasteiger partial charge in [0, 0.05) is 6.54 Å². The van der Waals surface area contributed by atoms with Crippen LogP contribution in [0.5, 0.6) is 0 Å². The van der Waals surface area contributed by atoms with Gasteiger partial charge in [-0.1, -0.05) is 60.7 Å². The molecule has 3 rings (SSSR count). The van der Waals surface area contributed by atoms with E-state index < -0.39 is 0 Å². The molecule has 3 nitrogen and oxygen atoms in total. The SMILES string of the molecule is C[C@H]1[C@H](OCc2ccccc2)CC(=O)N1Cc1ccccc1. The predicted octanol–water partition coefficient (Wildman–Crippen LogP) is 3.39. The zero-order valence-corrected chi connectivity index (χ0v) is 12.8. The second-order valence-electron chi connectivity index (χ2n) is 5.79. The van der Waals surface area contributed by atoms with Crippen LogP contribution in [0.4, 0.5) is 0 Å². The van der Waals surface area contributed by atoms with Crippen molar-refractivity contribution in [2.24, 2.45) is 0 Å². The van der Waals surface area contributed by atoms with Gasteiger partial charge in [-0.25, -0.2) is 0 Å². The summed E-state index contributed by atoms with van der Waals surface area (Å²) >= 11 is 0. The molecule has 0 saturated carbocycles. The number of nitrogens with zero attached hydrogens (tertiary/aromatic N) is 1. The van der Waals surface area contributed by atoms with E-state index in [9.17, 15) is 4.79 Å². The van der Waals surface area contributed by atoms with Crippen molar-refractivity contribution >= 4 is 5.91 Å². The normalized spacial score (nSPS) is 21.3. The van der Waals surface area contributed by atoms with E-state index in [4.69, 9.17) is 4.74 Å². The lowest BCUT2D eigenvalue weighted by Crippen LogP contribution is -2.34. The van der Waals surface area contributed by atoms with Gasteiger partial charge < -0.3 is 9.64 Å². The van der Waals surface area contributed by atoms with Crippen LogP contribution in [-0.4, -0.2) is 23.0 Å². The van der Waals surface area contributed by atoms with Crippen LogP contribution >= 0.6 is 0 Å². The molecule has 2 atom stereocenters. The Morgan fingerprint density at radius 3 is 2.23 bits per heavy atom. The fourth-order valence-corrected chi connectivity index (χ4v) is 2.88.